The zero-order chi connectivity index (χ0) is 22.2. The Bertz CT molecular complexity index is 1090. The number of carbonyl (C=O) groups is 2. The second kappa shape index (κ2) is 9.93. The van der Waals surface area contributed by atoms with Crippen LogP contribution in [0.25, 0.3) is 0 Å². The molecule has 0 fully saturated rings. The summed E-state index contributed by atoms with van der Waals surface area (Å²) in [6.07, 6.45) is 1.45. The van der Waals surface area contributed by atoms with Crippen molar-refractivity contribution >= 4 is 23.8 Å². The summed E-state index contributed by atoms with van der Waals surface area (Å²) >= 11 is 0. The molecule has 3 rings (SSSR count). The molecule has 158 valence electrons. The van der Waals surface area contributed by atoms with E-state index in [1.54, 1.807) is 73.8 Å². The minimum absolute atomic E-state index is 0.256. The third-order valence-corrected chi connectivity index (χ3v) is 4.27. The molecule has 0 atom stereocenters. The zero-order valence-corrected chi connectivity index (χ0v) is 17.0. The Morgan fingerprint density at radius 1 is 0.871 bits per heavy atom. The van der Waals surface area contributed by atoms with Crippen LogP contribution in [-0.4, -0.2) is 32.3 Å². The summed E-state index contributed by atoms with van der Waals surface area (Å²) in [6.45, 7) is 0. The molecular weight excluding hydrogens is 398 g/mol. The summed E-state index contributed by atoms with van der Waals surface area (Å²) in [4.78, 5) is 24.4. The lowest BCUT2D eigenvalue weighted by atomic mass is 10.2. The number of nitrogens with zero attached hydrogens (tertiary/aromatic N) is 1. The number of amides is 1. The molecule has 0 aliphatic carbocycles. The molecule has 3 aromatic carbocycles. The summed E-state index contributed by atoms with van der Waals surface area (Å²) in [6, 6.07) is 17.9. The highest BCUT2D eigenvalue weighted by molar-refractivity contribution is 5.95. The number of esters is 1. The van der Waals surface area contributed by atoms with Gasteiger partial charge in [-0.3, -0.25) is 4.79 Å². The van der Waals surface area contributed by atoms with Gasteiger partial charge in [0.15, 0.2) is 11.5 Å². The lowest BCUT2D eigenvalue weighted by Crippen LogP contribution is -2.17. The molecule has 0 aliphatic rings. The maximum Gasteiger partial charge on any atom is 0.343 e. The van der Waals surface area contributed by atoms with Gasteiger partial charge in [-0.25, -0.2) is 10.2 Å². The number of hydrazone groups is 1. The molecule has 1 amide bonds. The molecule has 0 unspecified atom stereocenters. The third-order valence-electron chi connectivity index (χ3n) is 4.27. The van der Waals surface area contributed by atoms with Crippen LogP contribution in [0.3, 0.4) is 0 Å². The lowest BCUT2D eigenvalue weighted by Gasteiger charge is -2.10. The molecule has 0 saturated heterocycles. The third kappa shape index (κ3) is 5.60. The summed E-state index contributed by atoms with van der Waals surface area (Å²) in [5.74, 6) is 0.342. The fourth-order valence-corrected chi connectivity index (χ4v) is 2.60. The van der Waals surface area contributed by atoms with E-state index in [0.717, 1.165) is 0 Å². The number of nitrogens with two attached hydrogens (primary N) is 1. The van der Waals surface area contributed by atoms with Crippen LogP contribution in [0.4, 0.5) is 5.69 Å². The van der Waals surface area contributed by atoms with E-state index in [1.807, 2.05) is 0 Å². The molecule has 8 nitrogen and oxygen atoms in total. The van der Waals surface area contributed by atoms with Crippen LogP contribution in [0.5, 0.6) is 17.2 Å². The summed E-state index contributed by atoms with van der Waals surface area (Å²) in [5, 5.41) is 3.94. The van der Waals surface area contributed by atoms with Gasteiger partial charge in [0.25, 0.3) is 5.91 Å². The van der Waals surface area contributed by atoms with E-state index in [1.165, 1.54) is 13.3 Å². The average molecular weight is 419 g/mol. The number of rotatable bonds is 7. The van der Waals surface area contributed by atoms with Gasteiger partial charge in [-0.05, 0) is 72.3 Å². The average Bonchev–Trinajstić information content (AvgIpc) is 2.80. The molecule has 0 aliphatic heterocycles. The molecule has 0 radical (unpaired) electrons. The summed E-state index contributed by atoms with van der Waals surface area (Å²) < 4.78 is 15.8. The van der Waals surface area contributed by atoms with Gasteiger partial charge in [0.05, 0.1) is 26.0 Å². The lowest BCUT2D eigenvalue weighted by molar-refractivity contribution is 0.0729. The topological polar surface area (TPSA) is 112 Å². The normalized spacial score (nSPS) is 10.5. The van der Waals surface area contributed by atoms with Gasteiger partial charge in [-0.15, -0.1) is 0 Å². The molecule has 0 aromatic heterocycles. The van der Waals surface area contributed by atoms with Crippen molar-refractivity contribution in [2.75, 3.05) is 20.0 Å². The van der Waals surface area contributed by atoms with Gasteiger partial charge in [0.2, 0.25) is 0 Å². The van der Waals surface area contributed by atoms with Crippen molar-refractivity contribution in [3.63, 3.8) is 0 Å². The summed E-state index contributed by atoms with van der Waals surface area (Å²) in [5.41, 5.74) is 10.1. The van der Waals surface area contributed by atoms with Gasteiger partial charge in [0.1, 0.15) is 5.75 Å². The number of benzene rings is 3. The second-order valence-electron chi connectivity index (χ2n) is 6.35. The number of nitrogen functional groups attached to an aromatic ring is 1. The first-order chi connectivity index (χ1) is 15.0. The first-order valence-electron chi connectivity index (χ1n) is 9.23. The van der Waals surface area contributed by atoms with E-state index < -0.39 is 5.97 Å². The van der Waals surface area contributed by atoms with Gasteiger partial charge in [-0.2, -0.15) is 5.10 Å². The summed E-state index contributed by atoms with van der Waals surface area (Å²) in [7, 11) is 3.01. The van der Waals surface area contributed by atoms with Gasteiger partial charge in [0, 0.05) is 11.3 Å². The van der Waals surface area contributed by atoms with Gasteiger partial charge in [-0.1, -0.05) is 0 Å². The molecule has 0 saturated carbocycles. The number of carbonyl (C=O) groups excluding carboxylic acids is 2. The van der Waals surface area contributed by atoms with Crippen LogP contribution >= 0.6 is 0 Å². The van der Waals surface area contributed by atoms with Crippen LogP contribution in [0.15, 0.2) is 71.8 Å². The predicted octanol–water partition coefficient (Wildman–Crippen LogP) is 3.27. The number of nitrogens with one attached hydrogen (secondary N) is 1. The smallest absolute Gasteiger partial charge is 0.343 e. The number of hydrogen-bond donors (Lipinski definition) is 2. The highest BCUT2D eigenvalue weighted by Gasteiger charge is 2.13. The molecule has 31 heavy (non-hydrogen) atoms. The van der Waals surface area contributed by atoms with Crippen molar-refractivity contribution in [1.29, 1.82) is 0 Å². The van der Waals surface area contributed by atoms with Crippen LogP contribution in [0.1, 0.15) is 26.3 Å². The van der Waals surface area contributed by atoms with Crippen LogP contribution < -0.4 is 25.4 Å². The first kappa shape index (κ1) is 21.4. The van der Waals surface area contributed by atoms with E-state index in [2.05, 4.69) is 10.5 Å². The molecule has 3 aromatic rings. The molecule has 0 spiro atoms. The van der Waals surface area contributed by atoms with Crippen LogP contribution in [0, 0.1) is 0 Å². The van der Waals surface area contributed by atoms with Crippen LogP contribution in [-0.2, 0) is 0 Å². The minimum atomic E-state index is -0.530. The highest BCUT2D eigenvalue weighted by atomic mass is 16.6. The Labute approximate surface area is 179 Å². The zero-order valence-electron chi connectivity index (χ0n) is 17.0. The van der Waals surface area contributed by atoms with E-state index in [4.69, 9.17) is 19.9 Å². The Kier molecular flexibility index (Phi) is 6.85. The minimum Gasteiger partial charge on any atom is -0.497 e. The Morgan fingerprint density at radius 2 is 1.55 bits per heavy atom. The van der Waals surface area contributed by atoms with Gasteiger partial charge < -0.3 is 19.9 Å². The number of hydrogen-bond acceptors (Lipinski definition) is 7. The van der Waals surface area contributed by atoms with Crippen molar-refractivity contribution < 1.29 is 23.8 Å². The number of methoxy groups -OCH3 is 2. The Balaban J connectivity index is 1.66. The van der Waals surface area contributed by atoms with Crippen LogP contribution in [0.2, 0.25) is 0 Å². The molecule has 8 heteroatoms. The van der Waals surface area contributed by atoms with E-state index >= 15 is 0 Å². The van der Waals surface area contributed by atoms with Crippen molar-refractivity contribution in [3.8, 4) is 17.2 Å². The monoisotopic (exact) mass is 419 g/mol. The molecule has 0 bridgehead atoms. The fraction of sp³-hybridized carbons (Fsp3) is 0.0870. The van der Waals surface area contributed by atoms with Crippen molar-refractivity contribution in [1.82, 2.24) is 5.43 Å². The SMILES string of the molecule is COc1ccc(C(=O)Oc2ccc(/C=N/NC(=O)c3ccc(N)cc3)cc2OC)cc1. The molecule has 3 N–H and O–H groups in total. The quantitative estimate of drug-likeness (QED) is 0.200. The second-order valence-corrected chi connectivity index (χ2v) is 6.35. The van der Waals surface area contributed by atoms with Crippen molar-refractivity contribution in [3.05, 3.63) is 83.4 Å². The fourth-order valence-electron chi connectivity index (χ4n) is 2.60. The predicted molar refractivity (Wildman–Crippen MR) is 117 cm³/mol. The largest absolute Gasteiger partial charge is 0.497 e. The first-order valence-corrected chi connectivity index (χ1v) is 9.23. The maximum atomic E-state index is 12.4. The van der Waals surface area contributed by atoms with E-state index in [-0.39, 0.29) is 11.7 Å². The van der Waals surface area contributed by atoms with Crippen molar-refractivity contribution in [2.24, 2.45) is 5.10 Å². The highest BCUT2D eigenvalue weighted by Crippen LogP contribution is 2.28. The standard InChI is InChI=1S/C23H21N3O5/c1-29-19-10-6-17(7-11-19)23(28)31-20-12-3-15(13-21(20)30-2)14-25-26-22(27)16-4-8-18(24)9-5-16/h3-14H,24H2,1-2H3,(H,26,27)/b25-14+. The number of ether oxygens (including phenoxy) is 3. The Morgan fingerprint density at radius 3 is 2.19 bits per heavy atom. The van der Waals surface area contributed by atoms with Crippen molar-refractivity contribution in [2.45, 2.75) is 0 Å². The molecule has 0 heterocycles. The van der Waals surface area contributed by atoms with E-state index in [0.29, 0.717) is 33.9 Å². The number of anilines is 1. The van der Waals surface area contributed by atoms with E-state index in [9.17, 15) is 9.59 Å². The maximum absolute atomic E-state index is 12.4. The molecular formula is C23H21N3O5. The Hall–Kier alpha value is -4.33. The van der Waals surface area contributed by atoms with Gasteiger partial charge >= 0.3 is 5.97 Å².